The Hall–Kier alpha value is -1.88. The molecular formula is C15H19N3O2. The number of aromatic nitrogens is 2. The molecule has 0 unspecified atom stereocenters. The van der Waals surface area contributed by atoms with Crippen LogP contribution in [0.25, 0.3) is 0 Å². The van der Waals surface area contributed by atoms with Gasteiger partial charge in [0.1, 0.15) is 5.75 Å². The molecular weight excluding hydrogens is 254 g/mol. The average molecular weight is 273 g/mol. The van der Waals surface area contributed by atoms with Gasteiger partial charge in [-0.05, 0) is 25.5 Å². The second-order valence-electron chi connectivity index (χ2n) is 5.04. The molecule has 2 heterocycles. The van der Waals surface area contributed by atoms with E-state index < -0.39 is 0 Å². The first-order chi connectivity index (χ1) is 9.86. The normalized spacial score (nSPS) is 18.9. The Morgan fingerprint density at radius 2 is 2.25 bits per heavy atom. The summed E-state index contributed by atoms with van der Waals surface area (Å²) in [6.45, 7) is 1.02. The number of nitrogens with zero attached hydrogens (tertiary/aromatic N) is 2. The van der Waals surface area contributed by atoms with Crippen molar-refractivity contribution in [2.75, 3.05) is 13.7 Å². The molecule has 1 aromatic carbocycles. The number of ether oxygens (including phenoxy) is 1. The third kappa shape index (κ3) is 2.82. The van der Waals surface area contributed by atoms with Crippen LogP contribution in [0.15, 0.2) is 28.8 Å². The van der Waals surface area contributed by atoms with E-state index in [1.165, 1.54) is 12.8 Å². The second kappa shape index (κ2) is 6.05. The first kappa shape index (κ1) is 13.1. The van der Waals surface area contributed by atoms with Crippen LogP contribution < -0.4 is 10.1 Å². The van der Waals surface area contributed by atoms with Gasteiger partial charge in [0.2, 0.25) is 5.89 Å². The molecule has 1 fully saturated rings. The van der Waals surface area contributed by atoms with Crippen LogP contribution in [-0.2, 0) is 6.42 Å². The minimum Gasteiger partial charge on any atom is -0.496 e. The maximum atomic E-state index is 5.39. The van der Waals surface area contributed by atoms with Gasteiger partial charge in [-0.1, -0.05) is 29.8 Å². The van der Waals surface area contributed by atoms with Gasteiger partial charge < -0.3 is 14.6 Å². The minimum atomic E-state index is 0.211. The molecule has 1 aromatic heterocycles. The molecule has 0 amide bonds. The molecule has 1 aliphatic rings. The van der Waals surface area contributed by atoms with Crippen molar-refractivity contribution in [3.8, 4) is 5.75 Å². The molecule has 1 N–H and O–H groups in total. The molecule has 20 heavy (non-hydrogen) atoms. The Morgan fingerprint density at radius 1 is 1.35 bits per heavy atom. The van der Waals surface area contributed by atoms with E-state index in [2.05, 4.69) is 15.5 Å². The van der Waals surface area contributed by atoms with Gasteiger partial charge in [-0.2, -0.15) is 4.98 Å². The number of para-hydroxylation sites is 1. The molecule has 0 saturated carbocycles. The summed E-state index contributed by atoms with van der Waals surface area (Å²) in [5, 5.41) is 7.49. The van der Waals surface area contributed by atoms with Gasteiger partial charge in [0.05, 0.1) is 13.2 Å². The number of hydrogen-bond donors (Lipinski definition) is 1. The molecule has 1 atom stereocenters. The van der Waals surface area contributed by atoms with Crippen molar-refractivity contribution in [1.29, 1.82) is 0 Å². The first-order valence-electron chi connectivity index (χ1n) is 7.04. The standard InChI is InChI=1S/C15H19N3O2/c1-19-13-8-3-2-6-11(13)10-14-17-15(20-18-14)12-7-4-5-9-16-12/h2-3,6,8,12,16H,4-5,7,9-10H2,1H3/t12-/m1/s1. The van der Waals surface area contributed by atoms with E-state index in [0.29, 0.717) is 18.1 Å². The van der Waals surface area contributed by atoms with E-state index in [0.717, 1.165) is 24.3 Å². The molecule has 0 aliphatic carbocycles. The van der Waals surface area contributed by atoms with Crippen LogP contribution in [0.1, 0.15) is 42.6 Å². The maximum absolute atomic E-state index is 5.39. The molecule has 0 radical (unpaired) electrons. The van der Waals surface area contributed by atoms with E-state index >= 15 is 0 Å². The summed E-state index contributed by atoms with van der Waals surface area (Å²) in [4.78, 5) is 4.51. The molecule has 5 nitrogen and oxygen atoms in total. The molecule has 106 valence electrons. The van der Waals surface area contributed by atoms with Crippen LogP contribution in [0.5, 0.6) is 5.75 Å². The van der Waals surface area contributed by atoms with Gasteiger partial charge in [0.25, 0.3) is 0 Å². The molecule has 3 rings (SSSR count). The summed E-state index contributed by atoms with van der Waals surface area (Å²) in [6, 6.07) is 8.12. The zero-order valence-corrected chi connectivity index (χ0v) is 11.6. The number of benzene rings is 1. The topological polar surface area (TPSA) is 60.2 Å². The van der Waals surface area contributed by atoms with E-state index in [4.69, 9.17) is 9.26 Å². The Bertz CT molecular complexity index is 562. The maximum Gasteiger partial charge on any atom is 0.243 e. The van der Waals surface area contributed by atoms with Gasteiger partial charge in [0.15, 0.2) is 5.82 Å². The van der Waals surface area contributed by atoms with Crippen molar-refractivity contribution in [3.05, 3.63) is 41.5 Å². The smallest absolute Gasteiger partial charge is 0.243 e. The zero-order valence-electron chi connectivity index (χ0n) is 11.6. The van der Waals surface area contributed by atoms with Crippen LogP contribution in [0.2, 0.25) is 0 Å². The summed E-state index contributed by atoms with van der Waals surface area (Å²) >= 11 is 0. The van der Waals surface area contributed by atoms with E-state index in [1.54, 1.807) is 7.11 Å². The SMILES string of the molecule is COc1ccccc1Cc1noc([C@H]2CCCCN2)n1. The third-order valence-corrected chi connectivity index (χ3v) is 3.63. The van der Waals surface area contributed by atoms with E-state index in [1.807, 2.05) is 24.3 Å². The highest BCUT2D eigenvalue weighted by atomic mass is 16.5. The van der Waals surface area contributed by atoms with E-state index in [-0.39, 0.29) is 6.04 Å². The third-order valence-electron chi connectivity index (χ3n) is 3.63. The van der Waals surface area contributed by atoms with Crippen LogP contribution in [0, 0.1) is 0 Å². The van der Waals surface area contributed by atoms with Crippen LogP contribution in [-0.4, -0.2) is 23.8 Å². The lowest BCUT2D eigenvalue weighted by atomic mass is 10.1. The van der Waals surface area contributed by atoms with Gasteiger partial charge >= 0.3 is 0 Å². The number of rotatable bonds is 4. The fourth-order valence-electron chi connectivity index (χ4n) is 2.56. The van der Waals surface area contributed by atoms with Crippen molar-refractivity contribution < 1.29 is 9.26 Å². The number of methoxy groups -OCH3 is 1. The molecule has 0 bridgehead atoms. The lowest BCUT2D eigenvalue weighted by Gasteiger charge is -2.19. The van der Waals surface area contributed by atoms with Crippen molar-refractivity contribution >= 4 is 0 Å². The molecule has 5 heteroatoms. The first-order valence-corrected chi connectivity index (χ1v) is 7.04. The van der Waals surface area contributed by atoms with Gasteiger partial charge in [0, 0.05) is 12.0 Å². The van der Waals surface area contributed by atoms with Crippen LogP contribution in [0.3, 0.4) is 0 Å². The Labute approximate surface area is 118 Å². The van der Waals surface area contributed by atoms with Crippen LogP contribution >= 0.6 is 0 Å². The number of nitrogens with one attached hydrogen (secondary N) is 1. The fraction of sp³-hybridized carbons (Fsp3) is 0.467. The number of piperidine rings is 1. The molecule has 0 spiro atoms. The predicted molar refractivity (Wildman–Crippen MR) is 74.7 cm³/mol. The minimum absolute atomic E-state index is 0.211. The highest BCUT2D eigenvalue weighted by Gasteiger charge is 2.21. The van der Waals surface area contributed by atoms with Crippen LogP contribution in [0.4, 0.5) is 0 Å². The Morgan fingerprint density at radius 3 is 3.05 bits per heavy atom. The van der Waals surface area contributed by atoms with Crippen molar-refractivity contribution in [3.63, 3.8) is 0 Å². The fourth-order valence-corrected chi connectivity index (χ4v) is 2.56. The predicted octanol–water partition coefficient (Wildman–Crippen LogP) is 2.48. The van der Waals surface area contributed by atoms with Gasteiger partial charge in [-0.15, -0.1) is 0 Å². The van der Waals surface area contributed by atoms with E-state index in [9.17, 15) is 0 Å². The molecule has 1 saturated heterocycles. The van der Waals surface area contributed by atoms with Gasteiger partial charge in [-0.25, -0.2) is 0 Å². The summed E-state index contributed by atoms with van der Waals surface area (Å²) in [5.41, 5.74) is 1.07. The van der Waals surface area contributed by atoms with Crippen molar-refractivity contribution in [2.45, 2.75) is 31.7 Å². The molecule has 2 aromatic rings. The Balaban J connectivity index is 1.73. The zero-order chi connectivity index (χ0) is 13.8. The largest absolute Gasteiger partial charge is 0.496 e. The summed E-state index contributed by atoms with van der Waals surface area (Å²) < 4.78 is 10.7. The number of hydrogen-bond acceptors (Lipinski definition) is 5. The lowest BCUT2D eigenvalue weighted by Crippen LogP contribution is -2.27. The monoisotopic (exact) mass is 273 g/mol. The summed E-state index contributed by atoms with van der Waals surface area (Å²) in [6.07, 6.45) is 4.12. The molecule has 1 aliphatic heterocycles. The highest BCUT2D eigenvalue weighted by Crippen LogP contribution is 2.23. The quantitative estimate of drug-likeness (QED) is 0.927. The van der Waals surface area contributed by atoms with Crippen molar-refractivity contribution in [2.24, 2.45) is 0 Å². The van der Waals surface area contributed by atoms with Crippen molar-refractivity contribution in [1.82, 2.24) is 15.5 Å². The second-order valence-corrected chi connectivity index (χ2v) is 5.04. The van der Waals surface area contributed by atoms with Gasteiger partial charge in [-0.3, -0.25) is 0 Å². The lowest BCUT2D eigenvalue weighted by molar-refractivity contribution is 0.296. The summed E-state index contributed by atoms with van der Waals surface area (Å²) in [7, 11) is 1.67. The average Bonchev–Trinajstić information content (AvgIpc) is 2.97. The Kier molecular flexibility index (Phi) is 3.97. The summed E-state index contributed by atoms with van der Waals surface area (Å²) in [5.74, 6) is 2.26. The highest BCUT2D eigenvalue weighted by molar-refractivity contribution is 5.35.